The predicted octanol–water partition coefficient (Wildman–Crippen LogP) is 2.62. The van der Waals surface area contributed by atoms with Gasteiger partial charge in [0, 0.05) is 55.7 Å². The Kier molecular flexibility index (Phi) is 4.78. The summed E-state index contributed by atoms with van der Waals surface area (Å²) >= 11 is 12.3. The van der Waals surface area contributed by atoms with Gasteiger partial charge in [-0.3, -0.25) is 4.79 Å². The average molecular weight is 353 g/mol. The van der Waals surface area contributed by atoms with E-state index in [1.165, 1.54) is 0 Å². The molecule has 1 saturated heterocycles. The Morgan fingerprint density at radius 1 is 1.17 bits per heavy atom. The number of nitrogens with zero attached hydrogens (tertiary/aromatic N) is 4. The predicted molar refractivity (Wildman–Crippen MR) is 92.2 cm³/mol. The maximum absolute atomic E-state index is 12.5. The van der Waals surface area contributed by atoms with Gasteiger partial charge in [-0.15, -0.1) is 0 Å². The normalized spacial score (nSPS) is 15.1. The van der Waals surface area contributed by atoms with Crippen LogP contribution in [0.25, 0.3) is 0 Å². The Labute approximate surface area is 145 Å². The summed E-state index contributed by atoms with van der Waals surface area (Å²) in [4.78, 5) is 20.9. The molecule has 1 amide bonds. The van der Waals surface area contributed by atoms with Crippen molar-refractivity contribution < 1.29 is 4.79 Å². The van der Waals surface area contributed by atoms with Crippen LogP contribution in [0.3, 0.4) is 0 Å². The molecule has 2 heterocycles. The molecule has 2 aromatic rings. The molecule has 0 unspecified atom stereocenters. The number of imidazole rings is 1. The minimum absolute atomic E-state index is 0.0551. The van der Waals surface area contributed by atoms with E-state index >= 15 is 0 Å². The highest BCUT2D eigenvalue weighted by Gasteiger charge is 2.24. The molecule has 1 aromatic carbocycles. The second kappa shape index (κ2) is 6.81. The third-order valence-electron chi connectivity index (χ3n) is 4.10. The van der Waals surface area contributed by atoms with Crippen molar-refractivity contribution in [1.82, 2.24) is 14.5 Å². The summed E-state index contributed by atoms with van der Waals surface area (Å²) in [5.74, 6) is 0.991. The van der Waals surface area contributed by atoms with Gasteiger partial charge in [0.2, 0.25) is 11.9 Å². The van der Waals surface area contributed by atoms with E-state index in [4.69, 9.17) is 23.2 Å². The van der Waals surface area contributed by atoms with Crippen LogP contribution in [0.5, 0.6) is 0 Å². The van der Waals surface area contributed by atoms with Gasteiger partial charge in [0.1, 0.15) is 0 Å². The van der Waals surface area contributed by atoms with Crippen molar-refractivity contribution in [3.05, 3.63) is 46.2 Å². The minimum Gasteiger partial charge on any atom is -0.339 e. The molecule has 3 rings (SSSR count). The third kappa shape index (κ3) is 3.46. The van der Waals surface area contributed by atoms with E-state index in [0.29, 0.717) is 28.7 Å². The van der Waals surface area contributed by atoms with Crippen molar-refractivity contribution in [3.8, 4) is 0 Å². The van der Waals surface area contributed by atoms with E-state index in [9.17, 15) is 4.79 Å². The smallest absolute Gasteiger partial charge is 0.227 e. The number of halogens is 2. The zero-order valence-corrected chi connectivity index (χ0v) is 14.4. The molecule has 1 aromatic heterocycles. The van der Waals surface area contributed by atoms with E-state index in [1.807, 2.05) is 22.7 Å². The van der Waals surface area contributed by atoms with Crippen LogP contribution in [-0.4, -0.2) is 46.5 Å². The van der Waals surface area contributed by atoms with E-state index in [-0.39, 0.29) is 12.3 Å². The first-order valence-corrected chi connectivity index (χ1v) is 8.25. The summed E-state index contributed by atoms with van der Waals surface area (Å²) in [5, 5.41) is 1.08. The summed E-state index contributed by atoms with van der Waals surface area (Å²) in [6.07, 6.45) is 3.94. The number of amides is 1. The van der Waals surface area contributed by atoms with Gasteiger partial charge in [0.25, 0.3) is 0 Å². The van der Waals surface area contributed by atoms with Gasteiger partial charge < -0.3 is 14.4 Å². The molecule has 0 aliphatic carbocycles. The summed E-state index contributed by atoms with van der Waals surface area (Å²) in [5.41, 5.74) is 0.701. The first kappa shape index (κ1) is 16.1. The van der Waals surface area contributed by atoms with Gasteiger partial charge in [-0.25, -0.2) is 4.98 Å². The first-order chi connectivity index (χ1) is 11.1. The number of carbonyl (C=O) groups excluding carboxylic acids is 1. The summed E-state index contributed by atoms with van der Waals surface area (Å²) in [6.45, 7) is 2.89. The molecule has 0 N–H and O–H groups in total. The molecule has 1 aliphatic heterocycles. The maximum atomic E-state index is 12.5. The Morgan fingerprint density at radius 2 is 1.83 bits per heavy atom. The number of rotatable bonds is 3. The van der Waals surface area contributed by atoms with Crippen LogP contribution in [0.4, 0.5) is 5.95 Å². The SMILES string of the molecule is Cn1ccnc1N1CCN(C(=O)Cc2c(Cl)cccc2Cl)CC1. The number of piperazine rings is 1. The second-order valence-corrected chi connectivity index (χ2v) is 6.40. The minimum atomic E-state index is 0.0551. The number of aryl methyl sites for hydroxylation is 1. The molecule has 5 nitrogen and oxygen atoms in total. The Morgan fingerprint density at radius 3 is 2.39 bits per heavy atom. The zero-order valence-electron chi connectivity index (χ0n) is 12.9. The zero-order chi connectivity index (χ0) is 16.4. The molecule has 0 bridgehead atoms. The molecular weight excluding hydrogens is 335 g/mol. The fourth-order valence-corrected chi connectivity index (χ4v) is 3.31. The van der Waals surface area contributed by atoms with Gasteiger partial charge in [0.05, 0.1) is 6.42 Å². The van der Waals surface area contributed by atoms with Crippen molar-refractivity contribution in [2.24, 2.45) is 7.05 Å². The molecular formula is C16H18Cl2N4O. The quantitative estimate of drug-likeness (QED) is 0.852. The van der Waals surface area contributed by atoms with Crippen molar-refractivity contribution in [2.45, 2.75) is 6.42 Å². The topological polar surface area (TPSA) is 41.4 Å². The number of hydrogen-bond donors (Lipinski definition) is 0. The molecule has 0 radical (unpaired) electrons. The Bertz CT molecular complexity index is 688. The van der Waals surface area contributed by atoms with E-state index in [2.05, 4.69) is 9.88 Å². The average Bonchev–Trinajstić information content (AvgIpc) is 2.97. The highest BCUT2D eigenvalue weighted by atomic mass is 35.5. The monoisotopic (exact) mass is 352 g/mol. The molecule has 0 atom stereocenters. The number of anilines is 1. The third-order valence-corrected chi connectivity index (χ3v) is 4.81. The van der Waals surface area contributed by atoms with Crippen LogP contribution in [0.2, 0.25) is 10.0 Å². The lowest BCUT2D eigenvalue weighted by Gasteiger charge is -2.35. The molecule has 0 spiro atoms. The fraction of sp³-hybridized carbons (Fsp3) is 0.375. The summed E-state index contributed by atoms with van der Waals surface area (Å²) in [7, 11) is 1.97. The lowest BCUT2D eigenvalue weighted by Crippen LogP contribution is -2.49. The Balaban J connectivity index is 1.61. The molecule has 0 saturated carbocycles. The fourth-order valence-electron chi connectivity index (χ4n) is 2.78. The van der Waals surface area contributed by atoms with Gasteiger partial charge in [0.15, 0.2) is 0 Å². The van der Waals surface area contributed by atoms with E-state index in [1.54, 1.807) is 24.4 Å². The molecule has 122 valence electrons. The first-order valence-electron chi connectivity index (χ1n) is 7.49. The highest BCUT2D eigenvalue weighted by molar-refractivity contribution is 6.36. The van der Waals surface area contributed by atoms with Gasteiger partial charge in [-0.1, -0.05) is 29.3 Å². The van der Waals surface area contributed by atoms with Crippen LogP contribution in [0.1, 0.15) is 5.56 Å². The van der Waals surface area contributed by atoms with Crippen molar-refractivity contribution >= 4 is 35.1 Å². The van der Waals surface area contributed by atoms with Crippen molar-refractivity contribution in [3.63, 3.8) is 0 Å². The lowest BCUT2D eigenvalue weighted by molar-refractivity contribution is -0.130. The molecule has 7 heteroatoms. The van der Waals surface area contributed by atoms with Crippen molar-refractivity contribution in [2.75, 3.05) is 31.1 Å². The number of aromatic nitrogens is 2. The standard InChI is InChI=1S/C16H18Cl2N4O/c1-20-6-5-19-16(20)22-9-7-21(8-10-22)15(23)11-12-13(17)3-2-4-14(12)18/h2-6H,7-11H2,1H3. The largest absolute Gasteiger partial charge is 0.339 e. The number of hydrogen-bond acceptors (Lipinski definition) is 3. The van der Waals surface area contributed by atoms with Crippen LogP contribution in [-0.2, 0) is 18.3 Å². The lowest BCUT2D eigenvalue weighted by atomic mass is 10.1. The molecule has 23 heavy (non-hydrogen) atoms. The van der Waals surface area contributed by atoms with Gasteiger partial charge in [-0.2, -0.15) is 0 Å². The number of carbonyl (C=O) groups is 1. The summed E-state index contributed by atoms with van der Waals surface area (Å²) < 4.78 is 1.99. The van der Waals surface area contributed by atoms with Gasteiger partial charge >= 0.3 is 0 Å². The van der Waals surface area contributed by atoms with Crippen LogP contribution < -0.4 is 4.90 Å². The summed E-state index contributed by atoms with van der Waals surface area (Å²) in [6, 6.07) is 5.30. The molecule has 1 fully saturated rings. The number of benzene rings is 1. The van der Waals surface area contributed by atoms with Crippen molar-refractivity contribution in [1.29, 1.82) is 0 Å². The highest BCUT2D eigenvalue weighted by Crippen LogP contribution is 2.25. The second-order valence-electron chi connectivity index (χ2n) is 5.58. The van der Waals surface area contributed by atoms with E-state index < -0.39 is 0 Å². The van der Waals surface area contributed by atoms with Crippen LogP contribution >= 0.6 is 23.2 Å². The van der Waals surface area contributed by atoms with E-state index in [0.717, 1.165) is 19.0 Å². The molecule has 1 aliphatic rings. The maximum Gasteiger partial charge on any atom is 0.227 e. The Hall–Kier alpha value is -1.72. The van der Waals surface area contributed by atoms with Crippen LogP contribution in [0.15, 0.2) is 30.6 Å². The van der Waals surface area contributed by atoms with Crippen LogP contribution in [0, 0.1) is 0 Å². The van der Waals surface area contributed by atoms with Gasteiger partial charge in [-0.05, 0) is 17.7 Å².